The third-order valence-corrected chi connectivity index (χ3v) is 2.11. The molecule has 1 heterocycles. The number of ether oxygens (including phenoxy) is 1. The largest absolute Gasteiger partial charge is 0.487 e. The van der Waals surface area contributed by atoms with Gasteiger partial charge in [0.05, 0.1) is 5.56 Å². The molecule has 1 aliphatic heterocycles. The van der Waals surface area contributed by atoms with Gasteiger partial charge >= 0.3 is 0 Å². The van der Waals surface area contributed by atoms with Crippen molar-refractivity contribution >= 4 is 0 Å². The van der Waals surface area contributed by atoms with Crippen molar-refractivity contribution in [1.82, 2.24) is 0 Å². The standard InChI is InChI=1S/C9H8F2O2/c1-4-9(12)8-6(11)2-5(10)3-7(8)13-4/h2-4,9,12H,1H3. The van der Waals surface area contributed by atoms with Crippen LogP contribution < -0.4 is 4.74 Å². The van der Waals surface area contributed by atoms with Crippen LogP contribution in [0.5, 0.6) is 5.75 Å². The van der Waals surface area contributed by atoms with Crippen molar-refractivity contribution in [1.29, 1.82) is 0 Å². The molecule has 0 radical (unpaired) electrons. The van der Waals surface area contributed by atoms with E-state index in [0.717, 1.165) is 12.1 Å². The van der Waals surface area contributed by atoms with E-state index in [1.165, 1.54) is 0 Å². The van der Waals surface area contributed by atoms with Gasteiger partial charge in [-0.05, 0) is 6.92 Å². The Labute approximate surface area is 73.8 Å². The van der Waals surface area contributed by atoms with Gasteiger partial charge in [-0.2, -0.15) is 0 Å². The predicted octanol–water partition coefficient (Wildman–Crippen LogP) is 1.78. The summed E-state index contributed by atoms with van der Waals surface area (Å²) < 4.78 is 30.8. The van der Waals surface area contributed by atoms with Crippen molar-refractivity contribution < 1.29 is 18.6 Å². The highest BCUT2D eigenvalue weighted by molar-refractivity contribution is 5.40. The summed E-state index contributed by atoms with van der Waals surface area (Å²) in [4.78, 5) is 0. The van der Waals surface area contributed by atoms with Crippen LogP contribution in [0.15, 0.2) is 12.1 Å². The lowest BCUT2D eigenvalue weighted by Gasteiger charge is -2.06. The number of halogens is 2. The number of aliphatic hydroxyl groups excluding tert-OH is 1. The van der Waals surface area contributed by atoms with Gasteiger partial charge in [-0.15, -0.1) is 0 Å². The minimum Gasteiger partial charge on any atom is -0.487 e. The van der Waals surface area contributed by atoms with Gasteiger partial charge in [0.15, 0.2) is 0 Å². The van der Waals surface area contributed by atoms with Crippen LogP contribution in [0.4, 0.5) is 8.78 Å². The molecule has 70 valence electrons. The Kier molecular flexibility index (Phi) is 1.73. The normalized spacial score (nSPS) is 25.5. The first-order valence-corrected chi connectivity index (χ1v) is 3.93. The Morgan fingerprint density at radius 3 is 2.77 bits per heavy atom. The molecular formula is C9H8F2O2. The molecule has 0 saturated carbocycles. The van der Waals surface area contributed by atoms with Crippen LogP contribution in [0.2, 0.25) is 0 Å². The average Bonchev–Trinajstić information content (AvgIpc) is 2.27. The van der Waals surface area contributed by atoms with Gasteiger partial charge in [0.2, 0.25) is 0 Å². The van der Waals surface area contributed by atoms with E-state index in [1.807, 2.05) is 0 Å². The topological polar surface area (TPSA) is 29.5 Å². The van der Waals surface area contributed by atoms with Crippen LogP contribution in [-0.4, -0.2) is 11.2 Å². The minimum absolute atomic E-state index is 0.0499. The van der Waals surface area contributed by atoms with E-state index in [-0.39, 0.29) is 11.3 Å². The zero-order valence-electron chi connectivity index (χ0n) is 6.92. The molecule has 0 aromatic heterocycles. The summed E-state index contributed by atoms with van der Waals surface area (Å²) in [5.74, 6) is -1.36. The number of aliphatic hydroxyl groups is 1. The van der Waals surface area contributed by atoms with Gasteiger partial charge in [0.25, 0.3) is 0 Å². The Morgan fingerprint density at radius 1 is 1.38 bits per heavy atom. The average molecular weight is 186 g/mol. The predicted molar refractivity (Wildman–Crippen MR) is 41.4 cm³/mol. The van der Waals surface area contributed by atoms with Crippen molar-refractivity contribution in [3.8, 4) is 5.75 Å². The third kappa shape index (κ3) is 1.18. The second-order valence-electron chi connectivity index (χ2n) is 3.07. The summed E-state index contributed by atoms with van der Waals surface area (Å²) in [6.07, 6.45) is -1.53. The van der Waals surface area contributed by atoms with Gasteiger partial charge in [0.1, 0.15) is 29.6 Å². The van der Waals surface area contributed by atoms with Crippen LogP contribution >= 0.6 is 0 Å². The van der Waals surface area contributed by atoms with E-state index >= 15 is 0 Å². The molecule has 1 aliphatic rings. The van der Waals surface area contributed by atoms with Crippen LogP contribution in [-0.2, 0) is 0 Å². The molecule has 2 rings (SSSR count). The molecule has 1 N–H and O–H groups in total. The van der Waals surface area contributed by atoms with Gasteiger partial charge in [0, 0.05) is 12.1 Å². The van der Waals surface area contributed by atoms with Crippen LogP contribution in [0, 0.1) is 11.6 Å². The zero-order chi connectivity index (χ0) is 9.59. The van der Waals surface area contributed by atoms with E-state index in [0.29, 0.717) is 0 Å². The molecular weight excluding hydrogens is 178 g/mol. The quantitative estimate of drug-likeness (QED) is 0.669. The second-order valence-corrected chi connectivity index (χ2v) is 3.07. The summed E-state index contributed by atoms with van der Waals surface area (Å²) in [6, 6.07) is 1.81. The first-order chi connectivity index (χ1) is 6.09. The summed E-state index contributed by atoms with van der Waals surface area (Å²) >= 11 is 0. The van der Waals surface area contributed by atoms with Crippen LogP contribution in [0.1, 0.15) is 18.6 Å². The van der Waals surface area contributed by atoms with E-state index in [9.17, 15) is 13.9 Å². The Bertz CT molecular complexity index is 352. The fourth-order valence-electron chi connectivity index (χ4n) is 1.45. The number of rotatable bonds is 0. The Balaban J connectivity index is 2.57. The highest BCUT2D eigenvalue weighted by Gasteiger charge is 2.32. The maximum absolute atomic E-state index is 13.1. The molecule has 1 aromatic carbocycles. The van der Waals surface area contributed by atoms with E-state index in [1.54, 1.807) is 6.92 Å². The molecule has 13 heavy (non-hydrogen) atoms. The number of hydrogen-bond donors (Lipinski definition) is 1. The summed E-state index contributed by atoms with van der Waals surface area (Å²) in [5.41, 5.74) is 0.0499. The minimum atomic E-state index is -1.00. The summed E-state index contributed by atoms with van der Waals surface area (Å²) in [5, 5.41) is 9.43. The summed E-state index contributed by atoms with van der Waals surface area (Å²) in [6.45, 7) is 1.60. The SMILES string of the molecule is CC1Oc2cc(F)cc(F)c2C1O. The fourth-order valence-corrected chi connectivity index (χ4v) is 1.45. The molecule has 0 bridgehead atoms. The number of hydrogen-bond acceptors (Lipinski definition) is 2. The van der Waals surface area contributed by atoms with Crippen molar-refractivity contribution in [3.05, 3.63) is 29.3 Å². The first kappa shape index (κ1) is 8.44. The van der Waals surface area contributed by atoms with Gasteiger partial charge in [-0.3, -0.25) is 0 Å². The zero-order valence-corrected chi connectivity index (χ0v) is 6.92. The molecule has 0 saturated heterocycles. The molecule has 0 aliphatic carbocycles. The van der Waals surface area contributed by atoms with Gasteiger partial charge in [-0.1, -0.05) is 0 Å². The lowest BCUT2D eigenvalue weighted by atomic mass is 10.1. The summed E-state index contributed by atoms with van der Waals surface area (Å²) in [7, 11) is 0. The molecule has 4 heteroatoms. The first-order valence-electron chi connectivity index (χ1n) is 3.93. The van der Waals surface area contributed by atoms with Crippen molar-refractivity contribution in [3.63, 3.8) is 0 Å². The highest BCUT2D eigenvalue weighted by atomic mass is 19.1. The van der Waals surface area contributed by atoms with E-state index in [2.05, 4.69) is 0 Å². The molecule has 1 aromatic rings. The van der Waals surface area contributed by atoms with Crippen LogP contribution in [0.25, 0.3) is 0 Å². The molecule has 2 atom stereocenters. The van der Waals surface area contributed by atoms with Gasteiger partial charge in [-0.25, -0.2) is 8.78 Å². The monoisotopic (exact) mass is 186 g/mol. The van der Waals surface area contributed by atoms with Crippen molar-refractivity contribution in [2.45, 2.75) is 19.1 Å². The smallest absolute Gasteiger partial charge is 0.135 e. The fraction of sp³-hybridized carbons (Fsp3) is 0.333. The van der Waals surface area contributed by atoms with E-state index < -0.39 is 23.8 Å². The van der Waals surface area contributed by atoms with Crippen molar-refractivity contribution in [2.75, 3.05) is 0 Å². The molecule has 0 fully saturated rings. The van der Waals surface area contributed by atoms with Crippen molar-refractivity contribution in [2.24, 2.45) is 0 Å². The van der Waals surface area contributed by atoms with Crippen LogP contribution in [0.3, 0.4) is 0 Å². The molecule has 2 nitrogen and oxygen atoms in total. The highest BCUT2D eigenvalue weighted by Crippen LogP contribution is 2.38. The van der Waals surface area contributed by atoms with E-state index in [4.69, 9.17) is 4.74 Å². The number of fused-ring (bicyclic) bond motifs is 1. The third-order valence-electron chi connectivity index (χ3n) is 2.11. The lowest BCUT2D eigenvalue weighted by molar-refractivity contribution is 0.0780. The Morgan fingerprint density at radius 2 is 2.08 bits per heavy atom. The second kappa shape index (κ2) is 2.67. The number of benzene rings is 1. The van der Waals surface area contributed by atoms with Gasteiger partial charge < -0.3 is 9.84 Å². The maximum atomic E-state index is 13.1. The molecule has 0 spiro atoms. The molecule has 0 amide bonds. The maximum Gasteiger partial charge on any atom is 0.135 e. The Hall–Kier alpha value is -1.16. The lowest BCUT2D eigenvalue weighted by Crippen LogP contribution is -2.13. The molecule has 2 unspecified atom stereocenters.